The predicted molar refractivity (Wildman–Crippen MR) is 135 cm³/mol. The van der Waals surface area contributed by atoms with Crippen LogP contribution in [0.3, 0.4) is 0 Å². The van der Waals surface area contributed by atoms with Gasteiger partial charge in [0.15, 0.2) is 5.11 Å². The summed E-state index contributed by atoms with van der Waals surface area (Å²) in [4.78, 5) is 11.5. The molecule has 1 saturated heterocycles. The highest BCUT2D eigenvalue weighted by Gasteiger charge is 2.34. The predicted octanol–water partition coefficient (Wildman–Crippen LogP) is 5.19. The van der Waals surface area contributed by atoms with Crippen molar-refractivity contribution >= 4 is 29.1 Å². The van der Waals surface area contributed by atoms with Crippen LogP contribution in [0.5, 0.6) is 5.88 Å². The van der Waals surface area contributed by atoms with Crippen molar-refractivity contribution in [3.63, 3.8) is 0 Å². The Morgan fingerprint density at radius 3 is 2.61 bits per heavy atom. The lowest BCUT2D eigenvalue weighted by Crippen LogP contribution is -2.43. The van der Waals surface area contributed by atoms with E-state index in [2.05, 4.69) is 27.4 Å². The third-order valence-electron chi connectivity index (χ3n) is 7.08. The molecule has 1 atom stereocenters. The SMILES string of the molecule is COc1cc(N2CCCC[C@H]2C)nc(NC(=S)NCC2(c3ccc(F)cc3)CCCCC2)n1. The molecule has 4 rings (SSSR count). The summed E-state index contributed by atoms with van der Waals surface area (Å²) in [5, 5.41) is 7.03. The van der Waals surface area contributed by atoms with E-state index in [-0.39, 0.29) is 11.2 Å². The summed E-state index contributed by atoms with van der Waals surface area (Å²) < 4.78 is 18.9. The number of ether oxygens (including phenoxy) is 1. The minimum Gasteiger partial charge on any atom is -0.481 e. The number of hydrogen-bond donors (Lipinski definition) is 2. The van der Waals surface area contributed by atoms with Gasteiger partial charge >= 0.3 is 0 Å². The lowest BCUT2D eigenvalue weighted by Gasteiger charge is -2.38. The number of halogens is 1. The maximum atomic E-state index is 13.5. The van der Waals surface area contributed by atoms with Gasteiger partial charge in [0.05, 0.1) is 7.11 Å². The number of aromatic nitrogens is 2. The van der Waals surface area contributed by atoms with Crippen molar-refractivity contribution in [1.82, 2.24) is 15.3 Å². The first kappa shape index (κ1) is 23.7. The Bertz CT molecular complexity index is 948. The Labute approximate surface area is 201 Å². The molecule has 0 amide bonds. The van der Waals surface area contributed by atoms with E-state index in [9.17, 15) is 4.39 Å². The summed E-state index contributed by atoms with van der Waals surface area (Å²) >= 11 is 5.61. The van der Waals surface area contributed by atoms with Gasteiger partial charge in [0, 0.05) is 30.6 Å². The van der Waals surface area contributed by atoms with Gasteiger partial charge in [-0.05, 0) is 68.9 Å². The molecule has 33 heavy (non-hydrogen) atoms. The Balaban J connectivity index is 1.46. The third kappa shape index (κ3) is 5.72. The molecule has 8 heteroatoms. The fourth-order valence-electron chi connectivity index (χ4n) is 5.15. The molecule has 1 aliphatic heterocycles. The van der Waals surface area contributed by atoms with E-state index in [0.29, 0.717) is 29.5 Å². The molecule has 0 radical (unpaired) electrons. The van der Waals surface area contributed by atoms with Crippen LogP contribution in [-0.2, 0) is 5.41 Å². The number of anilines is 2. The summed E-state index contributed by atoms with van der Waals surface area (Å²) in [6.07, 6.45) is 9.23. The lowest BCUT2D eigenvalue weighted by molar-refractivity contribution is 0.292. The minimum absolute atomic E-state index is 0.0542. The quantitative estimate of drug-likeness (QED) is 0.562. The van der Waals surface area contributed by atoms with Gasteiger partial charge in [-0.1, -0.05) is 31.4 Å². The largest absolute Gasteiger partial charge is 0.481 e. The Hall–Kier alpha value is -2.48. The molecule has 0 bridgehead atoms. The molecule has 1 aromatic heterocycles. The fourth-order valence-corrected chi connectivity index (χ4v) is 5.32. The number of piperidine rings is 1. The van der Waals surface area contributed by atoms with Gasteiger partial charge in [-0.25, -0.2) is 4.39 Å². The van der Waals surface area contributed by atoms with Crippen molar-refractivity contribution in [3.05, 3.63) is 41.7 Å². The summed E-state index contributed by atoms with van der Waals surface area (Å²) in [5.74, 6) is 1.59. The van der Waals surface area contributed by atoms with Crippen molar-refractivity contribution in [2.75, 3.05) is 30.4 Å². The first-order chi connectivity index (χ1) is 16.0. The maximum Gasteiger partial charge on any atom is 0.234 e. The van der Waals surface area contributed by atoms with Gasteiger partial charge in [0.1, 0.15) is 11.6 Å². The molecule has 2 N–H and O–H groups in total. The lowest BCUT2D eigenvalue weighted by atomic mass is 9.69. The second kappa shape index (κ2) is 10.6. The molecule has 2 fully saturated rings. The van der Waals surface area contributed by atoms with Crippen LogP contribution in [0.25, 0.3) is 0 Å². The van der Waals surface area contributed by atoms with Crippen LogP contribution >= 0.6 is 12.2 Å². The number of methoxy groups -OCH3 is 1. The zero-order valence-corrected chi connectivity index (χ0v) is 20.4. The van der Waals surface area contributed by atoms with Gasteiger partial charge in [-0.2, -0.15) is 9.97 Å². The van der Waals surface area contributed by atoms with Crippen LogP contribution in [0.1, 0.15) is 63.9 Å². The third-order valence-corrected chi connectivity index (χ3v) is 7.32. The van der Waals surface area contributed by atoms with Crippen molar-refractivity contribution in [1.29, 1.82) is 0 Å². The summed E-state index contributed by atoms with van der Waals surface area (Å²) in [7, 11) is 1.61. The molecule has 2 heterocycles. The van der Waals surface area contributed by atoms with E-state index >= 15 is 0 Å². The van der Waals surface area contributed by atoms with E-state index in [4.69, 9.17) is 21.9 Å². The van der Waals surface area contributed by atoms with E-state index in [1.54, 1.807) is 19.2 Å². The Morgan fingerprint density at radius 1 is 1.15 bits per heavy atom. The van der Waals surface area contributed by atoms with Crippen LogP contribution in [0.4, 0.5) is 16.2 Å². The molecule has 0 spiro atoms. The van der Waals surface area contributed by atoms with Crippen LogP contribution in [0, 0.1) is 5.82 Å². The van der Waals surface area contributed by atoms with Crippen molar-refractivity contribution in [3.8, 4) is 5.88 Å². The van der Waals surface area contributed by atoms with Gasteiger partial charge in [0.2, 0.25) is 11.8 Å². The average Bonchev–Trinajstić information content (AvgIpc) is 2.84. The monoisotopic (exact) mass is 471 g/mol. The molecule has 6 nitrogen and oxygen atoms in total. The zero-order valence-electron chi connectivity index (χ0n) is 19.6. The number of rotatable bonds is 6. The maximum absolute atomic E-state index is 13.5. The molecule has 2 aromatic rings. The van der Waals surface area contributed by atoms with Gasteiger partial charge < -0.3 is 20.3 Å². The molecule has 0 unspecified atom stereocenters. The van der Waals surface area contributed by atoms with Crippen molar-refractivity contribution in [2.24, 2.45) is 0 Å². The second-order valence-electron chi connectivity index (χ2n) is 9.29. The summed E-state index contributed by atoms with van der Waals surface area (Å²) in [5.41, 5.74) is 1.11. The molecule has 178 valence electrons. The topological polar surface area (TPSA) is 62.3 Å². The number of hydrogen-bond acceptors (Lipinski definition) is 5. The summed E-state index contributed by atoms with van der Waals surface area (Å²) in [6.45, 7) is 3.89. The van der Waals surface area contributed by atoms with Gasteiger partial charge in [0.25, 0.3) is 0 Å². The van der Waals surface area contributed by atoms with Crippen molar-refractivity contribution < 1.29 is 9.13 Å². The number of thiocarbonyl (C=S) groups is 1. The van der Waals surface area contributed by atoms with Crippen LogP contribution in [0.2, 0.25) is 0 Å². The second-order valence-corrected chi connectivity index (χ2v) is 9.69. The Morgan fingerprint density at radius 2 is 1.91 bits per heavy atom. The highest BCUT2D eigenvalue weighted by atomic mass is 32.1. The number of nitrogens with zero attached hydrogens (tertiary/aromatic N) is 3. The molecule has 1 saturated carbocycles. The Kier molecular flexibility index (Phi) is 7.63. The molecule has 2 aliphatic rings. The van der Waals surface area contributed by atoms with Gasteiger partial charge in [-0.3, -0.25) is 0 Å². The standard InChI is InChI=1S/C25H34FN5OS/c1-18-8-4-7-15-31(18)21-16-22(32-2)29-23(28-21)30-24(33)27-17-25(13-5-3-6-14-25)19-9-11-20(26)12-10-19/h9-12,16,18H,3-8,13-15,17H2,1-2H3,(H2,27,28,29,30,33)/t18-/m1/s1. The minimum atomic E-state index is -0.205. The molecule has 1 aliphatic carbocycles. The van der Waals surface area contributed by atoms with Crippen LogP contribution < -0.4 is 20.3 Å². The highest BCUT2D eigenvalue weighted by molar-refractivity contribution is 7.80. The zero-order chi connectivity index (χ0) is 23.3. The van der Waals surface area contributed by atoms with Gasteiger partial charge in [-0.15, -0.1) is 0 Å². The smallest absolute Gasteiger partial charge is 0.234 e. The van der Waals surface area contributed by atoms with Crippen LogP contribution in [0.15, 0.2) is 30.3 Å². The first-order valence-corrected chi connectivity index (χ1v) is 12.4. The molecular weight excluding hydrogens is 437 g/mol. The van der Waals surface area contributed by atoms with Crippen molar-refractivity contribution in [2.45, 2.75) is 69.7 Å². The average molecular weight is 472 g/mol. The normalized spacial score (nSPS) is 20.2. The fraction of sp³-hybridized carbons (Fsp3) is 0.560. The van der Waals surface area contributed by atoms with E-state index in [1.165, 1.54) is 12.8 Å². The van der Waals surface area contributed by atoms with E-state index in [0.717, 1.165) is 56.5 Å². The summed E-state index contributed by atoms with van der Waals surface area (Å²) in [6, 6.07) is 9.24. The van der Waals surface area contributed by atoms with E-state index in [1.807, 2.05) is 18.2 Å². The number of benzene rings is 1. The van der Waals surface area contributed by atoms with E-state index < -0.39 is 0 Å². The van der Waals surface area contributed by atoms with Crippen LogP contribution in [-0.4, -0.2) is 41.3 Å². The molecular formula is C25H34FN5OS. The first-order valence-electron chi connectivity index (χ1n) is 12.0. The number of nitrogens with one attached hydrogen (secondary N) is 2. The highest BCUT2D eigenvalue weighted by Crippen LogP contribution is 2.39. The molecule has 1 aromatic carbocycles.